The van der Waals surface area contributed by atoms with Crippen LogP contribution in [-0.4, -0.2) is 26.0 Å². The van der Waals surface area contributed by atoms with E-state index in [0.717, 1.165) is 21.9 Å². The Labute approximate surface area is 147 Å². The third-order valence-electron chi connectivity index (χ3n) is 3.99. The average molecular weight is 348 g/mol. The van der Waals surface area contributed by atoms with Crippen LogP contribution in [0.2, 0.25) is 0 Å². The molecule has 4 nitrogen and oxygen atoms in total. The van der Waals surface area contributed by atoms with Crippen molar-refractivity contribution in [2.45, 2.75) is 40.0 Å². The number of hydrogen-bond acceptors (Lipinski definition) is 4. The highest BCUT2D eigenvalue weighted by atomic mass is 19.1. The van der Waals surface area contributed by atoms with Crippen LogP contribution in [0.4, 0.5) is 4.39 Å². The van der Waals surface area contributed by atoms with Crippen LogP contribution in [0.3, 0.4) is 0 Å². The maximum absolute atomic E-state index is 14.2. The van der Waals surface area contributed by atoms with Gasteiger partial charge in [-0.3, -0.25) is 4.79 Å². The summed E-state index contributed by atoms with van der Waals surface area (Å²) in [5, 5.41) is 1.93. The van der Waals surface area contributed by atoms with E-state index in [2.05, 4.69) is 13.8 Å². The van der Waals surface area contributed by atoms with Gasteiger partial charge in [0.25, 0.3) is 0 Å². The van der Waals surface area contributed by atoms with E-state index in [1.807, 2.05) is 19.1 Å². The molecule has 0 spiro atoms. The van der Waals surface area contributed by atoms with Crippen LogP contribution in [0.1, 0.15) is 44.7 Å². The van der Waals surface area contributed by atoms with Gasteiger partial charge in [0.1, 0.15) is 18.2 Å². The lowest BCUT2D eigenvalue weighted by Gasteiger charge is -2.17. The summed E-state index contributed by atoms with van der Waals surface area (Å²) in [5.74, 6) is 0.416. The molecule has 0 radical (unpaired) electrons. The molecule has 0 aliphatic carbocycles. The van der Waals surface area contributed by atoms with E-state index >= 15 is 0 Å². The van der Waals surface area contributed by atoms with Gasteiger partial charge >= 0.3 is 5.97 Å². The molecule has 5 heteroatoms. The Morgan fingerprint density at radius 1 is 1.20 bits per heavy atom. The number of fused-ring (bicyclic) bond motifs is 1. The molecule has 0 atom stereocenters. The molecule has 2 aromatic rings. The molecule has 0 bridgehead atoms. The van der Waals surface area contributed by atoms with Gasteiger partial charge in [-0.05, 0) is 52.4 Å². The predicted octanol–water partition coefficient (Wildman–Crippen LogP) is 4.58. The smallest absolute Gasteiger partial charge is 0.302 e. The van der Waals surface area contributed by atoms with Gasteiger partial charge in [0.2, 0.25) is 0 Å². The first-order valence-electron chi connectivity index (χ1n) is 8.53. The van der Waals surface area contributed by atoms with Gasteiger partial charge in [-0.2, -0.15) is 0 Å². The minimum atomic E-state index is -0.334. The molecule has 25 heavy (non-hydrogen) atoms. The third-order valence-corrected chi connectivity index (χ3v) is 3.99. The quantitative estimate of drug-likeness (QED) is 0.398. The van der Waals surface area contributed by atoms with Crippen LogP contribution in [0.5, 0.6) is 5.75 Å². The molecular formula is C20H25FO4. The first-order chi connectivity index (χ1) is 11.9. The summed E-state index contributed by atoms with van der Waals surface area (Å²) in [6, 6.07) is 7.13. The van der Waals surface area contributed by atoms with Crippen LogP contribution in [0.15, 0.2) is 24.3 Å². The average Bonchev–Trinajstić information content (AvgIpc) is 2.57. The van der Waals surface area contributed by atoms with E-state index in [9.17, 15) is 9.18 Å². The van der Waals surface area contributed by atoms with Crippen molar-refractivity contribution in [3.05, 3.63) is 41.2 Å². The van der Waals surface area contributed by atoms with Gasteiger partial charge < -0.3 is 14.2 Å². The number of carbonyl (C=O) groups excluding carboxylic acids is 1. The Balaban J connectivity index is 2.17. The largest absolute Gasteiger partial charge is 0.468 e. The highest BCUT2D eigenvalue weighted by Gasteiger charge is 2.14. The van der Waals surface area contributed by atoms with Gasteiger partial charge in [0.05, 0.1) is 6.61 Å². The molecule has 136 valence electrons. The van der Waals surface area contributed by atoms with Crippen LogP contribution >= 0.6 is 0 Å². The van der Waals surface area contributed by atoms with E-state index in [1.54, 1.807) is 6.07 Å². The van der Waals surface area contributed by atoms with Crippen molar-refractivity contribution in [2.24, 2.45) is 0 Å². The second kappa shape index (κ2) is 8.81. The zero-order valence-electron chi connectivity index (χ0n) is 15.2. The number of carbonyl (C=O) groups is 1. The Kier molecular flexibility index (Phi) is 6.76. The SMILES string of the molecule is CCc1c(F)ccc2cc(OCOCCOC(C)=O)cc(C(C)C)c12. The van der Waals surface area contributed by atoms with Gasteiger partial charge in [-0.15, -0.1) is 0 Å². The topological polar surface area (TPSA) is 44.8 Å². The van der Waals surface area contributed by atoms with Crippen LogP contribution < -0.4 is 4.74 Å². The van der Waals surface area contributed by atoms with Crippen molar-refractivity contribution in [1.29, 1.82) is 0 Å². The molecule has 0 fully saturated rings. The standard InChI is InChI=1S/C20H25FO4/c1-5-17-19(21)7-6-15-10-16(11-18(13(2)3)20(15)17)25-12-23-8-9-24-14(4)22/h6-7,10-11,13H,5,8-9,12H2,1-4H3. The minimum absolute atomic E-state index is 0.0616. The maximum Gasteiger partial charge on any atom is 0.302 e. The first-order valence-corrected chi connectivity index (χ1v) is 8.53. The summed E-state index contributed by atoms with van der Waals surface area (Å²) in [7, 11) is 0. The number of esters is 1. The lowest BCUT2D eigenvalue weighted by atomic mass is 9.91. The monoisotopic (exact) mass is 348 g/mol. The maximum atomic E-state index is 14.2. The Morgan fingerprint density at radius 2 is 1.96 bits per heavy atom. The lowest BCUT2D eigenvalue weighted by Crippen LogP contribution is -2.11. The fourth-order valence-corrected chi connectivity index (χ4v) is 2.82. The van der Waals surface area contributed by atoms with Crippen molar-refractivity contribution in [1.82, 2.24) is 0 Å². The normalized spacial score (nSPS) is 11.1. The molecule has 0 aromatic heterocycles. The summed E-state index contributed by atoms with van der Waals surface area (Å²) in [6.45, 7) is 8.01. The number of benzene rings is 2. The van der Waals surface area contributed by atoms with Crippen molar-refractivity contribution >= 4 is 16.7 Å². The molecule has 0 N–H and O–H groups in total. The number of halogens is 1. The summed E-state index contributed by atoms with van der Waals surface area (Å²) in [4.78, 5) is 10.7. The van der Waals surface area contributed by atoms with Gasteiger partial charge in [0, 0.05) is 6.92 Å². The molecule has 0 heterocycles. The molecule has 2 rings (SSSR count). The highest BCUT2D eigenvalue weighted by Crippen LogP contribution is 2.34. The number of rotatable bonds is 8. The van der Waals surface area contributed by atoms with Gasteiger partial charge in [-0.1, -0.05) is 26.8 Å². The summed E-state index contributed by atoms with van der Waals surface area (Å²) >= 11 is 0. The van der Waals surface area contributed by atoms with E-state index in [-0.39, 0.29) is 37.7 Å². The van der Waals surface area contributed by atoms with Gasteiger partial charge in [0.15, 0.2) is 6.79 Å². The number of ether oxygens (including phenoxy) is 3. The molecule has 0 saturated carbocycles. The predicted molar refractivity (Wildman–Crippen MR) is 95.5 cm³/mol. The fraction of sp³-hybridized carbons (Fsp3) is 0.450. The zero-order valence-corrected chi connectivity index (χ0v) is 15.2. The Morgan fingerprint density at radius 3 is 2.60 bits per heavy atom. The van der Waals surface area contributed by atoms with E-state index in [1.165, 1.54) is 13.0 Å². The molecule has 0 saturated heterocycles. The van der Waals surface area contributed by atoms with E-state index in [0.29, 0.717) is 12.2 Å². The summed E-state index contributed by atoms with van der Waals surface area (Å²) in [6.07, 6.45) is 0.641. The van der Waals surface area contributed by atoms with Crippen LogP contribution in [0, 0.1) is 5.82 Å². The molecule has 0 aliphatic rings. The second-order valence-electron chi connectivity index (χ2n) is 6.16. The fourth-order valence-electron chi connectivity index (χ4n) is 2.82. The van der Waals surface area contributed by atoms with Crippen LogP contribution in [0.25, 0.3) is 10.8 Å². The van der Waals surface area contributed by atoms with Crippen molar-refractivity contribution in [3.8, 4) is 5.75 Å². The number of aryl methyl sites for hydroxylation is 1. The van der Waals surface area contributed by atoms with Crippen molar-refractivity contribution < 1.29 is 23.4 Å². The second-order valence-corrected chi connectivity index (χ2v) is 6.16. The van der Waals surface area contributed by atoms with E-state index < -0.39 is 0 Å². The zero-order chi connectivity index (χ0) is 18.4. The Bertz CT molecular complexity index is 740. The van der Waals surface area contributed by atoms with Crippen molar-refractivity contribution in [2.75, 3.05) is 20.0 Å². The Hall–Kier alpha value is -2.14. The molecular weight excluding hydrogens is 323 g/mol. The van der Waals surface area contributed by atoms with Crippen LogP contribution in [-0.2, 0) is 20.7 Å². The molecule has 0 unspecified atom stereocenters. The van der Waals surface area contributed by atoms with Gasteiger partial charge in [-0.25, -0.2) is 4.39 Å². The minimum Gasteiger partial charge on any atom is -0.468 e. The highest BCUT2D eigenvalue weighted by molar-refractivity contribution is 5.91. The molecule has 0 amide bonds. The summed E-state index contributed by atoms with van der Waals surface area (Å²) in [5.41, 5.74) is 1.80. The first kappa shape index (κ1) is 19.2. The third kappa shape index (κ3) is 4.92. The number of hydrogen-bond donors (Lipinski definition) is 0. The molecule has 2 aromatic carbocycles. The lowest BCUT2D eigenvalue weighted by molar-refractivity contribution is -0.143. The molecule has 0 aliphatic heterocycles. The van der Waals surface area contributed by atoms with Crippen molar-refractivity contribution in [3.63, 3.8) is 0 Å². The summed E-state index contributed by atoms with van der Waals surface area (Å²) < 4.78 is 29.9. The van der Waals surface area contributed by atoms with E-state index in [4.69, 9.17) is 14.2 Å².